The molecule has 25 heavy (non-hydrogen) atoms. The lowest BCUT2D eigenvalue weighted by Crippen LogP contribution is -2.38. The van der Waals surface area contributed by atoms with Crippen molar-refractivity contribution in [2.45, 2.75) is 46.5 Å². The molecule has 1 aromatic carbocycles. The Morgan fingerprint density at radius 1 is 1.16 bits per heavy atom. The molecule has 0 aliphatic heterocycles. The molecule has 140 valence electrons. The number of hydrogen-bond donors (Lipinski definition) is 3. The van der Waals surface area contributed by atoms with Crippen LogP contribution in [0.2, 0.25) is 0 Å². The van der Waals surface area contributed by atoms with Crippen LogP contribution in [0.5, 0.6) is 0 Å². The van der Waals surface area contributed by atoms with E-state index in [2.05, 4.69) is 47.4 Å². The first-order valence-electron chi connectivity index (χ1n) is 9.22. The standard InChI is InChI=1S/C19H31N5.HI/c1-4-15(5-2)14-22-19(20-6-3)21-13-9-12-18-23-16-10-7-8-11-17(16)24-18;/h7-8,10-11,15H,4-6,9,12-14H2,1-3H3,(H,23,24)(H2,20,21,22);1H. The predicted octanol–water partition coefficient (Wildman–Crippen LogP) is 4.10. The number of halogens is 1. The van der Waals surface area contributed by atoms with Gasteiger partial charge in [0.25, 0.3) is 0 Å². The number of hydrogen-bond acceptors (Lipinski definition) is 2. The van der Waals surface area contributed by atoms with Gasteiger partial charge in [-0.3, -0.25) is 4.99 Å². The molecule has 1 heterocycles. The van der Waals surface area contributed by atoms with Crippen molar-refractivity contribution in [3.05, 3.63) is 30.1 Å². The SMILES string of the molecule is CCNC(=NCC(CC)CC)NCCCc1nc2ccccc2[nH]1.I. The number of nitrogens with one attached hydrogen (secondary N) is 3. The van der Waals surface area contributed by atoms with Gasteiger partial charge >= 0.3 is 0 Å². The molecule has 0 fully saturated rings. The zero-order valence-electron chi connectivity index (χ0n) is 15.6. The Hall–Kier alpha value is -1.31. The summed E-state index contributed by atoms with van der Waals surface area (Å²) in [5.74, 6) is 2.65. The van der Waals surface area contributed by atoms with E-state index in [1.807, 2.05) is 18.2 Å². The van der Waals surface area contributed by atoms with E-state index in [9.17, 15) is 0 Å². The molecule has 0 amide bonds. The van der Waals surface area contributed by atoms with Crippen molar-refractivity contribution in [2.24, 2.45) is 10.9 Å². The highest BCUT2D eigenvalue weighted by molar-refractivity contribution is 14.0. The minimum atomic E-state index is 0. The van der Waals surface area contributed by atoms with Crippen LogP contribution in [-0.4, -0.2) is 35.6 Å². The monoisotopic (exact) mass is 457 g/mol. The molecule has 0 atom stereocenters. The highest BCUT2D eigenvalue weighted by atomic mass is 127. The first kappa shape index (κ1) is 21.7. The van der Waals surface area contributed by atoms with Gasteiger partial charge in [-0.1, -0.05) is 38.8 Å². The smallest absolute Gasteiger partial charge is 0.191 e. The van der Waals surface area contributed by atoms with E-state index in [1.54, 1.807) is 0 Å². The number of imidazole rings is 1. The van der Waals surface area contributed by atoms with Gasteiger partial charge in [-0.05, 0) is 31.4 Å². The summed E-state index contributed by atoms with van der Waals surface area (Å²) in [7, 11) is 0. The summed E-state index contributed by atoms with van der Waals surface area (Å²) in [5.41, 5.74) is 2.15. The van der Waals surface area contributed by atoms with Gasteiger partial charge in [0.05, 0.1) is 11.0 Å². The Morgan fingerprint density at radius 3 is 2.60 bits per heavy atom. The van der Waals surface area contributed by atoms with Crippen LogP contribution in [-0.2, 0) is 6.42 Å². The van der Waals surface area contributed by atoms with Gasteiger partial charge in [-0.25, -0.2) is 4.98 Å². The Balaban J connectivity index is 0.00000312. The highest BCUT2D eigenvalue weighted by Crippen LogP contribution is 2.11. The molecule has 0 spiro atoms. The Morgan fingerprint density at radius 2 is 1.92 bits per heavy atom. The van der Waals surface area contributed by atoms with E-state index in [4.69, 9.17) is 4.99 Å². The molecular weight excluding hydrogens is 425 g/mol. The first-order valence-corrected chi connectivity index (χ1v) is 9.22. The van der Waals surface area contributed by atoms with Gasteiger partial charge in [0.15, 0.2) is 5.96 Å². The fourth-order valence-electron chi connectivity index (χ4n) is 2.70. The van der Waals surface area contributed by atoms with Crippen LogP contribution >= 0.6 is 24.0 Å². The Bertz CT molecular complexity index is 601. The van der Waals surface area contributed by atoms with Gasteiger partial charge < -0.3 is 15.6 Å². The van der Waals surface area contributed by atoms with Crippen LogP contribution in [0.15, 0.2) is 29.3 Å². The maximum Gasteiger partial charge on any atom is 0.191 e. The maximum atomic E-state index is 4.71. The molecule has 0 radical (unpaired) electrons. The molecule has 2 rings (SSSR count). The maximum absolute atomic E-state index is 4.71. The fraction of sp³-hybridized carbons (Fsp3) is 0.579. The van der Waals surface area contributed by atoms with Crippen molar-refractivity contribution in [3.8, 4) is 0 Å². The number of H-pyrrole nitrogens is 1. The Labute approximate surface area is 168 Å². The summed E-state index contributed by atoms with van der Waals surface area (Å²) in [6, 6.07) is 8.16. The number of aromatic nitrogens is 2. The third-order valence-corrected chi connectivity index (χ3v) is 4.33. The second-order valence-electron chi connectivity index (χ2n) is 6.13. The van der Waals surface area contributed by atoms with Crippen molar-refractivity contribution in [1.82, 2.24) is 20.6 Å². The summed E-state index contributed by atoms with van der Waals surface area (Å²) < 4.78 is 0. The number of benzene rings is 1. The molecule has 0 bridgehead atoms. The van der Waals surface area contributed by atoms with E-state index >= 15 is 0 Å². The molecule has 0 aliphatic rings. The van der Waals surface area contributed by atoms with Gasteiger partial charge in [0.1, 0.15) is 5.82 Å². The summed E-state index contributed by atoms with van der Waals surface area (Å²) >= 11 is 0. The highest BCUT2D eigenvalue weighted by Gasteiger charge is 2.04. The Kier molecular flexibility index (Phi) is 10.5. The summed E-state index contributed by atoms with van der Waals surface area (Å²) in [5, 5.41) is 6.75. The van der Waals surface area contributed by atoms with E-state index < -0.39 is 0 Å². The van der Waals surface area contributed by atoms with Gasteiger partial charge in [-0.2, -0.15) is 0 Å². The zero-order valence-corrected chi connectivity index (χ0v) is 18.0. The number of rotatable bonds is 9. The number of nitrogens with zero attached hydrogens (tertiary/aromatic N) is 2. The molecule has 5 nitrogen and oxygen atoms in total. The van der Waals surface area contributed by atoms with E-state index in [1.165, 1.54) is 12.8 Å². The van der Waals surface area contributed by atoms with Crippen molar-refractivity contribution >= 4 is 41.0 Å². The van der Waals surface area contributed by atoms with E-state index in [-0.39, 0.29) is 24.0 Å². The molecule has 1 aromatic heterocycles. The summed E-state index contributed by atoms with van der Waals surface area (Å²) in [6.07, 6.45) is 4.33. The van der Waals surface area contributed by atoms with Crippen molar-refractivity contribution in [1.29, 1.82) is 0 Å². The van der Waals surface area contributed by atoms with Crippen LogP contribution in [0, 0.1) is 5.92 Å². The molecule has 2 aromatic rings. The lowest BCUT2D eigenvalue weighted by atomic mass is 10.0. The van der Waals surface area contributed by atoms with Crippen molar-refractivity contribution in [3.63, 3.8) is 0 Å². The van der Waals surface area contributed by atoms with Gasteiger partial charge in [-0.15, -0.1) is 24.0 Å². The molecule has 3 N–H and O–H groups in total. The number of aliphatic imine (C=N–C) groups is 1. The van der Waals surface area contributed by atoms with Crippen LogP contribution in [0.3, 0.4) is 0 Å². The zero-order chi connectivity index (χ0) is 17.2. The predicted molar refractivity (Wildman–Crippen MR) is 118 cm³/mol. The van der Waals surface area contributed by atoms with Crippen LogP contribution in [0.4, 0.5) is 0 Å². The van der Waals surface area contributed by atoms with Crippen LogP contribution in [0.1, 0.15) is 45.9 Å². The molecular formula is C19H32IN5. The average molecular weight is 457 g/mol. The summed E-state index contributed by atoms with van der Waals surface area (Å²) in [6.45, 7) is 9.24. The second-order valence-corrected chi connectivity index (χ2v) is 6.13. The van der Waals surface area contributed by atoms with Crippen molar-refractivity contribution < 1.29 is 0 Å². The summed E-state index contributed by atoms with van der Waals surface area (Å²) in [4.78, 5) is 12.7. The second kappa shape index (κ2) is 12.1. The number of fused-ring (bicyclic) bond motifs is 1. The lowest BCUT2D eigenvalue weighted by molar-refractivity contribution is 0.504. The molecule has 0 saturated carbocycles. The quantitative estimate of drug-likeness (QED) is 0.230. The topological polar surface area (TPSA) is 65.1 Å². The number of guanidine groups is 1. The third-order valence-electron chi connectivity index (χ3n) is 4.33. The van der Waals surface area contributed by atoms with Crippen LogP contribution < -0.4 is 10.6 Å². The minimum Gasteiger partial charge on any atom is -0.357 e. The molecule has 0 unspecified atom stereocenters. The number of aromatic amines is 1. The minimum absolute atomic E-state index is 0. The average Bonchev–Trinajstić information content (AvgIpc) is 3.02. The first-order chi connectivity index (χ1) is 11.8. The number of para-hydroxylation sites is 2. The van der Waals surface area contributed by atoms with Gasteiger partial charge in [0.2, 0.25) is 0 Å². The molecule has 0 saturated heterocycles. The van der Waals surface area contributed by atoms with E-state index in [0.717, 1.165) is 55.3 Å². The van der Waals surface area contributed by atoms with Crippen molar-refractivity contribution in [2.75, 3.05) is 19.6 Å². The van der Waals surface area contributed by atoms with Crippen LogP contribution in [0.25, 0.3) is 11.0 Å². The normalized spacial score (nSPS) is 11.6. The van der Waals surface area contributed by atoms with E-state index in [0.29, 0.717) is 5.92 Å². The fourth-order valence-corrected chi connectivity index (χ4v) is 2.70. The number of aryl methyl sites for hydroxylation is 1. The lowest BCUT2D eigenvalue weighted by Gasteiger charge is -2.13. The molecule has 6 heteroatoms. The third kappa shape index (κ3) is 7.22. The molecule has 0 aliphatic carbocycles. The largest absolute Gasteiger partial charge is 0.357 e. The van der Waals surface area contributed by atoms with Gasteiger partial charge in [0, 0.05) is 26.1 Å².